The molecule has 0 aromatic heterocycles. The molecule has 2 aliphatic heterocycles. The number of likely N-dealkylation sites (tertiary alicyclic amines) is 1. The Kier molecular flexibility index (Phi) is 6.65. The standard InChI is InChI=1S/C29H30N4O4/c1-29(17-14-20-8-3-2-4-9-20)27(36)33(28(37)30-29)31-25(34)22-15-18-32(19-16-22)26(35)24-13-7-11-21-10-5-6-12-23(21)24/h2-13,22H,14-19H2,1H3,(H,30,37)(H,31,34). The van der Waals surface area contributed by atoms with Crippen molar-refractivity contribution in [3.63, 3.8) is 0 Å². The highest BCUT2D eigenvalue weighted by Crippen LogP contribution is 2.25. The maximum absolute atomic E-state index is 13.2. The number of imide groups is 1. The second kappa shape index (κ2) is 10.0. The van der Waals surface area contributed by atoms with Crippen molar-refractivity contribution in [1.82, 2.24) is 20.7 Å². The Morgan fingerprint density at radius 2 is 1.62 bits per heavy atom. The Morgan fingerprint density at radius 3 is 2.38 bits per heavy atom. The smallest absolute Gasteiger partial charge is 0.339 e. The minimum absolute atomic E-state index is 0.0565. The summed E-state index contributed by atoms with van der Waals surface area (Å²) in [5, 5.41) is 5.45. The van der Waals surface area contributed by atoms with E-state index in [1.807, 2.05) is 72.8 Å². The molecule has 190 valence electrons. The molecule has 2 N–H and O–H groups in total. The summed E-state index contributed by atoms with van der Waals surface area (Å²) in [7, 11) is 0. The molecule has 1 unspecified atom stereocenters. The van der Waals surface area contributed by atoms with Gasteiger partial charge in [0.25, 0.3) is 11.8 Å². The molecule has 1 atom stereocenters. The average Bonchev–Trinajstić information content (AvgIpc) is 3.15. The normalized spacial score (nSPS) is 20.2. The molecule has 0 spiro atoms. The zero-order chi connectivity index (χ0) is 26.0. The third-order valence-electron chi connectivity index (χ3n) is 7.41. The molecule has 8 nitrogen and oxygen atoms in total. The van der Waals surface area contributed by atoms with Gasteiger partial charge in [-0.25, -0.2) is 4.79 Å². The van der Waals surface area contributed by atoms with E-state index in [4.69, 9.17) is 0 Å². The van der Waals surface area contributed by atoms with Crippen LogP contribution in [0.3, 0.4) is 0 Å². The predicted octanol–water partition coefficient (Wildman–Crippen LogP) is 3.67. The third kappa shape index (κ3) is 4.91. The van der Waals surface area contributed by atoms with E-state index < -0.39 is 23.4 Å². The van der Waals surface area contributed by atoms with E-state index in [1.54, 1.807) is 11.8 Å². The molecule has 5 rings (SSSR count). The number of nitrogens with one attached hydrogen (secondary N) is 2. The lowest BCUT2D eigenvalue weighted by Crippen LogP contribution is -2.52. The topological polar surface area (TPSA) is 98.8 Å². The second-order valence-electron chi connectivity index (χ2n) is 9.96. The molecular formula is C29H30N4O4. The Labute approximate surface area is 215 Å². The Balaban J connectivity index is 1.17. The van der Waals surface area contributed by atoms with E-state index in [2.05, 4.69) is 10.7 Å². The number of rotatable bonds is 6. The number of hydrogen-bond acceptors (Lipinski definition) is 4. The van der Waals surface area contributed by atoms with Crippen molar-refractivity contribution < 1.29 is 19.2 Å². The molecular weight excluding hydrogens is 468 g/mol. The van der Waals surface area contributed by atoms with Crippen LogP contribution in [0.5, 0.6) is 0 Å². The quantitative estimate of drug-likeness (QED) is 0.507. The molecule has 0 saturated carbocycles. The summed E-state index contributed by atoms with van der Waals surface area (Å²) < 4.78 is 0. The molecule has 3 aromatic rings. The summed E-state index contributed by atoms with van der Waals surface area (Å²) >= 11 is 0. The van der Waals surface area contributed by atoms with Crippen molar-refractivity contribution in [1.29, 1.82) is 0 Å². The van der Waals surface area contributed by atoms with E-state index in [-0.39, 0.29) is 11.8 Å². The SMILES string of the molecule is CC1(CCc2ccccc2)NC(=O)N(NC(=O)C2CCN(C(=O)c3cccc4ccccc34)CC2)C1=O. The monoisotopic (exact) mass is 498 g/mol. The first kappa shape index (κ1) is 24.5. The van der Waals surface area contributed by atoms with Crippen molar-refractivity contribution in [2.24, 2.45) is 5.92 Å². The Bertz CT molecular complexity index is 1350. The van der Waals surface area contributed by atoms with Gasteiger partial charge in [0.1, 0.15) is 5.54 Å². The zero-order valence-electron chi connectivity index (χ0n) is 20.8. The van der Waals surface area contributed by atoms with E-state index >= 15 is 0 Å². The van der Waals surface area contributed by atoms with Crippen LogP contribution in [0.2, 0.25) is 0 Å². The van der Waals surface area contributed by atoms with E-state index in [0.29, 0.717) is 44.3 Å². The van der Waals surface area contributed by atoms with Gasteiger partial charge in [-0.1, -0.05) is 66.7 Å². The molecule has 0 aliphatic carbocycles. The van der Waals surface area contributed by atoms with Gasteiger partial charge in [0.2, 0.25) is 5.91 Å². The Hall–Kier alpha value is -4.20. The molecule has 2 fully saturated rings. The molecule has 0 bridgehead atoms. The number of hydrogen-bond donors (Lipinski definition) is 2. The lowest BCUT2D eigenvalue weighted by Gasteiger charge is -2.32. The van der Waals surface area contributed by atoms with Crippen LogP contribution in [-0.2, 0) is 16.0 Å². The summed E-state index contributed by atoms with van der Waals surface area (Å²) in [6, 6.07) is 22.6. The van der Waals surface area contributed by atoms with Crippen molar-refractivity contribution in [2.45, 2.75) is 38.1 Å². The summed E-state index contributed by atoms with van der Waals surface area (Å²) in [6.45, 7) is 2.53. The maximum Gasteiger partial charge on any atom is 0.344 e. The molecule has 37 heavy (non-hydrogen) atoms. The minimum Gasteiger partial charge on any atom is -0.339 e. The zero-order valence-corrected chi connectivity index (χ0v) is 20.8. The average molecular weight is 499 g/mol. The molecule has 8 heteroatoms. The van der Waals surface area contributed by atoms with Gasteiger partial charge in [-0.2, -0.15) is 5.01 Å². The van der Waals surface area contributed by atoms with Crippen LogP contribution >= 0.6 is 0 Å². The molecule has 3 aromatic carbocycles. The van der Waals surface area contributed by atoms with Gasteiger partial charge in [-0.05, 0) is 55.0 Å². The van der Waals surface area contributed by atoms with Crippen molar-refractivity contribution in [3.8, 4) is 0 Å². The molecule has 2 heterocycles. The van der Waals surface area contributed by atoms with Gasteiger partial charge in [-0.15, -0.1) is 0 Å². The second-order valence-corrected chi connectivity index (χ2v) is 9.96. The van der Waals surface area contributed by atoms with E-state index in [0.717, 1.165) is 21.3 Å². The number of urea groups is 1. The largest absolute Gasteiger partial charge is 0.344 e. The van der Waals surface area contributed by atoms with Gasteiger partial charge < -0.3 is 10.2 Å². The summed E-state index contributed by atoms with van der Waals surface area (Å²) in [4.78, 5) is 53.6. The van der Waals surface area contributed by atoms with Crippen LogP contribution < -0.4 is 10.7 Å². The molecule has 2 saturated heterocycles. The van der Waals surface area contributed by atoms with Crippen LogP contribution in [0.25, 0.3) is 10.8 Å². The highest BCUT2D eigenvalue weighted by molar-refractivity contribution is 6.08. The fraction of sp³-hybridized carbons (Fsp3) is 0.310. The van der Waals surface area contributed by atoms with Gasteiger partial charge >= 0.3 is 6.03 Å². The number of fused-ring (bicyclic) bond motifs is 1. The summed E-state index contributed by atoms with van der Waals surface area (Å²) in [5.74, 6) is -1.30. The Morgan fingerprint density at radius 1 is 0.946 bits per heavy atom. The number of nitrogens with zero attached hydrogens (tertiary/aromatic N) is 2. The van der Waals surface area contributed by atoms with Crippen molar-refractivity contribution in [3.05, 3.63) is 83.9 Å². The number of hydrazine groups is 1. The van der Waals surface area contributed by atoms with E-state index in [1.165, 1.54) is 0 Å². The van der Waals surface area contributed by atoms with Gasteiger partial charge in [-0.3, -0.25) is 19.8 Å². The van der Waals surface area contributed by atoms with Crippen LogP contribution in [-0.4, -0.2) is 52.3 Å². The molecule has 5 amide bonds. The lowest BCUT2D eigenvalue weighted by molar-refractivity contribution is -0.141. The van der Waals surface area contributed by atoms with Gasteiger partial charge in [0.05, 0.1) is 0 Å². The van der Waals surface area contributed by atoms with E-state index in [9.17, 15) is 19.2 Å². The van der Waals surface area contributed by atoms with Crippen LogP contribution in [0.4, 0.5) is 4.79 Å². The summed E-state index contributed by atoms with van der Waals surface area (Å²) in [6.07, 6.45) is 1.95. The highest BCUT2D eigenvalue weighted by Gasteiger charge is 2.48. The predicted molar refractivity (Wildman–Crippen MR) is 139 cm³/mol. The first-order valence-corrected chi connectivity index (χ1v) is 12.6. The minimum atomic E-state index is -1.09. The van der Waals surface area contributed by atoms with Crippen molar-refractivity contribution >= 4 is 34.5 Å². The number of benzene rings is 3. The number of carbonyl (C=O) groups excluding carboxylic acids is 4. The maximum atomic E-state index is 13.2. The highest BCUT2D eigenvalue weighted by atomic mass is 16.2. The number of carbonyl (C=O) groups is 4. The molecule has 0 radical (unpaired) electrons. The van der Waals surface area contributed by atoms with Crippen LogP contribution in [0.15, 0.2) is 72.8 Å². The first-order valence-electron chi connectivity index (χ1n) is 12.6. The fourth-order valence-corrected chi connectivity index (χ4v) is 5.12. The molecule has 2 aliphatic rings. The lowest BCUT2D eigenvalue weighted by atomic mass is 9.93. The number of aryl methyl sites for hydroxylation is 1. The van der Waals surface area contributed by atoms with Gasteiger partial charge in [0, 0.05) is 24.6 Å². The first-order chi connectivity index (χ1) is 17.9. The number of amides is 5. The summed E-state index contributed by atoms with van der Waals surface area (Å²) in [5.41, 5.74) is 3.16. The van der Waals surface area contributed by atoms with Crippen molar-refractivity contribution in [2.75, 3.05) is 13.1 Å². The number of piperidine rings is 1. The fourth-order valence-electron chi connectivity index (χ4n) is 5.12. The van der Waals surface area contributed by atoms with Crippen LogP contribution in [0, 0.1) is 5.92 Å². The van der Waals surface area contributed by atoms with Gasteiger partial charge in [0.15, 0.2) is 0 Å². The third-order valence-corrected chi connectivity index (χ3v) is 7.41. The van der Waals surface area contributed by atoms with Crippen LogP contribution in [0.1, 0.15) is 42.1 Å².